The minimum absolute atomic E-state index is 0.00959. The molecule has 0 bridgehead atoms. The Morgan fingerprint density at radius 2 is 1.95 bits per heavy atom. The summed E-state index contributed by atoms with van der Waals surface area (Å²) < 4.78 is 17.5. The number of esters is 1. The Morgan fingerprint density at radius 3 is 2.62 bits per heavy atom. The zero-order valence-corrected chi connectivity index (χ0v) is 11.6. The zero-order chi connectivity index (χ0) is 15.4. The minimum Gasteiger partial charge on any atom is -0.464 e. The van der Waals surface area contributed by atoms with E-state index in [4.69, 9.17) is 11.6 Å². The van der Waals surface area contributed by atoms with Gasteiger partial charge >= 0.3 is 5.97 Å². The largest absolute Gasteiger partial charge is 0.464 e. The Balaban J connectivity index is 2.22. The van der Waals surface area contributed by atoms with E-state index in [1.54, 1.807) is 0 Å². The van der Waals surface area contributed by atoms with Gasteiger partial charge in [-0.1, -0.05) is 17.7 Å². The highest BCUT2D eigenvalue weighted by molar-refractivity contribution is 6.33. The molecule has 0 radical (unpaired) electrons. The number of nitrogens with one attached hydrogen (secondary N) is 1. The average molecular weight is 309 g/mol. The van der Waals surface area contributed by atoms with E-state index in [0.29, 0.717) is 0 Å². The molecule has 0 saturated carbocycles. The lowest BCUT2D eigenvalue weighted by molar-refractivity contribution is 0.0594. The lowest BCUT2D eigenvalue weighted by Gasteiger charge is -2.07. The lowest BCUT2D eigenvalue weighted by atomic mass is 10.2. The Bertz CT molecular complexity index is 706. The molecule has 1 aromatic heterocycles. The number of pyridine rings is 1. The maximum Gasteiger partial charge on any atom is 0.356 e. The quantitative estimate of drug-likeness (QED) is 0.885. The van der Waals surface area contributed by atoms with Crippen molar-refractivity contribution in [2.45, 2.75) is 0 Å². The SMILES string of the molecule is COC(=O)c1cccc(C(=O)Nc2ccc(F)cc2Cl)n1. The van der Waals surface area contributed by atoms with Gasteiger partial charge in [0.2, 0.25) is 0 Å². The topological polar surface area (TPSA) is 68.3 Å². The third-order valence-electron chi connectivity index (χ3n) is 2.56. The number of amides is 1. The molecule has 1 N–H and O–H groups in total. The third-order valence-corrected chi connectivity index (χ3v) is 2.87. The van der Waals surface area contributed by atoms with Crippen LogP contribution < -0.4 is 5.32 Å². The predicted octanol–water partition coefficient (Wildman–Crippen LogP) is 2.91. The third kappa shape index (κ3) is 3.55. The number of aromatic nitrogens is 1. The first-order valence-corrected chi connectivity index (χ1v) is 6.21. The first kappa shape index (κ1) is 14.9. The van der Waals surface area contributed by atoms with Crippen molar-refractivity contribution in [2.24, 2.45) is 0 Å². The smallest absolute Gasteiger partial charge is 0.356 e. The number of hydrogen-bond acceptors (Lipinski definition) is 4. The summed E-state index contributed by atoms with van der Waals surface area (Å²) >= 11 is 5.82. The van der Waals surface area contributed by atoms with E-state index in [1.165, 1.54) is 37.4 Å². The first-order chi connectivity index (χ1) is 10.0. The van der Waals surface area contributed by atoms with Gasteiger partial charge in [-0.15, -0.1) is 0 Å². The van der Waals surface area contributed by atoms with E-state index in [0.717, 1.165) is 6.07 Å². The molecule has 21 heavy (non-hydrogen) atoms. The second-order valence-corrected chi connectivity index (χ2v) is 4.39. The number of methoxy groups -OCH3 is 1. The van der Waals surface area contributed by atoms with Gasteiger partial charge in [0, 0.05) is 0 Å². The molecule has 0 aliphatic heterocycles. The van der Waals surface area contributed by atoms with Crippen molar-refractivity contribution in [2.75, 3.05) is 12.4 Å². The summed E-state index contributed by atoms with van der Waals surface area (Å²) in [5, 5.41) is 2.55. The van der Waals surface area contributed by atoms with Crippen LogP contribution in [0.1, 0.15) is 21.0 Å². The van der Waals surface area contributed by atoms with Crippen LogP contribution in [0.2, 0.25) is 5.02 Å². The summed E-state index contributed by atoms with van der Waals surface area (Å²) in [6, 6.07) is 7.93. The highest BCUT2D eigenvalue weighted by Gasteiger charge is 2.14. The molecule has 0 fully saturated rings. The van der Waals surface area contributed by atoms with Gasteiger partial charge in [0.1, 0.15) is 17.2 Å². The van der Waals surface area contributed by atoms with Gasteiger partial charge < -0.3 is 10.1 Å². The van der Waals surface area contributed by atoms with Crippen molar-refractivity contribution in [3.05, 3.63) is 58.6 Å². The summed E-state index contributed by atoms with van der Waals surface area (Å²) in [6.07, 6.45) is 0. The van der Waals surface area contributed by atoms with Crippen LogP contribution in [0.25, 0.3) is 0 Å². The fourth-order valence-corrected chi connectivity index (χ4v) is 1.77. The van der Waals surface area contributed by atoms with Gasteiger partial charge in [0.25, 0.3) is 5.91 Å². The van der Waals surface area contributed by atoms with Crippen LogP contribution in [0.4, 0.5) is 10.1 Å². The second-order valence-electron chi connectivity index (χ2n) is 3.98. The minimum atomic E-state index is -0.649. The van der Waals surface area contributed by atoms with Gasteiger partial charge in [-0.2, -0.15) is 0 Å². The second kappa shape index (κ2) is 6.32. The number of nitrogens with zero attached hydrogens (tertiary/aromatic N) is 1. The van der Waals surface area contributed by atoms with E-state index in [9.17, 15) is 14.0 Å². The molecule has 0 aliphatic carbocycles. The molecule has 1 heterocycles. The van der Waals surface area contributed by atoms with E-state index < -0.39 is 17.7 Å². The maximum absolute atomic E-state index is 12.9. The molecule has 7 heteroatoms. The Morgan fingerprint density at radius 1 is 1.24 bits per heavy atom. The van der Waals surface area contributed by atoms with Gasteiger partial charge in [-0.25, -0.2) is 14.2 Å². The number of benzene rings is 1. The van der Waals surface area contributed by atoms with Gasteiger partial charge in [0.05, 0.1) is 17.8 Å². The van der Waals surface area contributed by atoms with E-state index >= 15 is 0 Å². The van der Waals surface area contributed by atoms with Crippen LogP contribution in [-0.4, -0.2) is 24.0 Å². The summed E-state index contributed by atoms with van der Waals surface area (Å²) in [6.45, 7) is 0. The molecular weight excluding hydrogens is 299 g/mol. The van der Waals surface area contributed by atoms with E-state index in [2.05, 4.69) is 15.0 Å². The summed E-state index contributed by atoms with van der Waals surface area (Å²) in [7, 11) is 1.22. The molecule has 0 atom stereocenters. The molecule has 1 aromatic carbocycles. The van der Waals surface area contributed by atoms with E-state index in [1.807, 2.05) is 0 Å². The van der Waals surface area contributed by atoms with Crippen molar-refractivity contribution in [1.29, 1.82) is 0 Å². The number of anilines is 1. The highest BCUT2D eigenvalue weighted by atomic mass is 35.5. The first-order valence-electron chi connectivity index (χ1n) is 5.83. The molecular formula is C14H10ClFN2O3. The number of rotatable bonds is 3. The van der Waals surface area contributed by atoms with Crippen LogP contribution in [0.15, 0.2) is 36.4 Å². The lowest BCUT2D eigenvalue weighted by Crippen LogP contribution is -2.16. The highest BCUT2D eigenvalue weighted by Crippen LogP contribution is 2.22. The van der Waals surface area contributed by atoms with Crippen LogP contribution in [-0.2, 0) is 4.74 Å². The Labute approximate surface area is 124 Å². The van der Waals surface area contributed by atoms with Gasteiger partial charge in [0.15, 0.2) is 0 Å². The number of halogens is 2. The van der Waals surface area contributed by atoms with Crippen molar-refractivity contribution >= 4 is 29.2 Å². The number of carbonyl (C=O) groups is 2. The summed E-state index contributed by atoms with van der Waals surface area (Å²) in [5.41, 5.74) is 0.266. The van der Waals surface area contributed by atoms with Crippen molar-refractivity contribution < 1.29 is 18.7 Å². The fourth-order valence-electron chi connectivity index (χ4n) is 1.56. The standard InChI is InChI=1S/C14H10ClFN2O3/c1-21-14(20)12-4-2-3-11(17-12)13(19)18-10-6-5-8(16)7-9(10)15/h2-7H,1H3,(H,18,19). The number of ether oxygens (including phenoxy) is 1. The molecule has 0 unspecified atom stereocenters. The number of carbonyl (C=O) groups excluding carboxylic acids is 2. The Kier molecular flexibility index (Phi) is 4.49. The van der Waals surface area contributed by atoms with Gasteiger partial charge in [-0.3, -0.25) is 4.79 Å². The monoisotopic (exact) mass is 308 g/mol. The van der Waals surface area contributed by atoms with Crippen LogP contribution in [0.5, 0.6) is 0 Å². The van der Waals surface area contributed by atoms with Crippen LogP contribution >= 0.6 is 11.6 Å². The number of hydrogen-bond donors (Lipinski definition) is 1. The van der Waals surface area contributed by atoms with Crippen molar-refractivity contribution in [1.82, 2.24) is 4.98 Å². The van der Waals surface area contributed by atoms with Gasteiger partial charge in [-0.05, 0) is 30.3 Å². The van der Waals surface area contributed by atoms with Crippen LogP contribution in [0.3, 0.4) is 0 Å². The molecule has 5 nitrogen and oxygen atoms in total. The predicted molar refractivity (Wildman–Crippen MR) is 74.9 cm³/mol. The average Bonchev–Trinajstić information content (AvgIpc) is 2.49. The molecule has 0 spiro atoms. The maximum atomic E-state index is 12.9. The molecule has 0 saturated heterocycles. The molecule has 2 rings (SSSR count). The van der Waals surface area contributed by atoms with Crippen LogP contribution in [0, 0.1) is 5.82 Å². The summed E-state index contributed by atoms with van der Waals surface area (Å²) in [5.74, 6) is -1.73. The molecule has 108 valence electrons. The molecule has 0 aliphatic rings. The van der Waals surface area contributed by atoms with E-state index in [-0.39, 0.29) is 22.1 Å². The zero-order valence-electron chi connectivity index (χ0n) is 10.9. The molecule has 2 aromatic rings. The Hall–Kier alpha value is -2.47. The summed E-state index contributed by atoms with van der Waals surface area (Å²) in [4.78, 5) is 27.3. The van der Waals surface area contributed by atoms with Crippen molar-refractivity contribution in [3.8, 4) is 0 Å². The normalized spacial score (nSPS) is 10.0. The van der Waals surface area contributed by atoms with Crippen molar-refractivity contribution in [3.63, 3.8) is 0 Å². The fraction of sp³-hybridized carbons (Fsp3) is 0.0714. The molecule has 1 amide bonds.